The quantitative estimate of drug-likeness (QED) is 0.411. The summed E-state index contributed by atoms with van der Waals surface area (Å²) in [6, 6.07) is 24.4. The van der Waals surface area contributed by atoms with E-state index in [-0.39, 0.29) is 13.2 Å². The molecule has 0 aliphatic carbocycles. The van der Waals surface area contributed by atoms with Crippen molar-refractivity contribution >= 4 is 29.8 Å². The van der Waals surface area contributed by atoms with Gasteiger partial charge in [0.2, 0.25) is 5.41 Å². The third-order valence-corrected chi connectivity index (χ3v) is 5.49. The molecule has 0 fully saturated rings. The van der Waals surface area contributed by atoms with Crippen LogP contribution in [0.4, 0.5) is 0 Å². The van der Waals surface area contributed by atoms with Gasteiger partial charge in [-0.05, 0) is 19.8 Å². The van der Waals surface area contributed by atoms with Crippen molar-refractivity contribution < 1.29 is 14.6 Å². The van der Waals surface area contributed by atoms with E-state index in [4.69, 9.17) is 20.4 Å². The number of carbonyl (C=O) groups is 1. The molecule has 0 aromatic heterocycles. The number of esters is 1. The monoisotopic (exact) mass is 430 g/mol. The Bertz CT molecular complexity index is 716. The average molecular weight is 429 g/mol. The topological polar surface area (TPSA) is 94.1 Å². The molecule has 0 aliphatic heterocycles. The fraction of sp³-hybridized carbons (Fsp3) is 0.286. The summed E-state index contributed by atoms with van der Waals surface area (Å²) in [4.78, 5) is 11.2. The fourth-order valence-electron chi connectivity index (χ4n) is 1.75. The number of benzene rings is 2. The van der Waals surface area contributed by atoms with E-state index in [0.29, 0.717) is 27.8 Å². The van der Waals surface area contributed by atoms with E-state index < -0.39 is 11.4 Å². The van der Waals surface area contributed by atoms with Gasteiger partial charge in [0.1, 0.15) is 0 Å². The van der Waals surface area contributed by atoms with Crippen LogP contribution < -0.4 is 8.92 Å². The fourth-order valence-corrected chi connectivity index (χ4v) is 3.55. The van der Waals surface area contributed by atoms with E-state index in [0.717, 1.165) is 0 Å². The summed E-state index contributed by atoms with van der Waals surface area (Å²) in [6.45, 7) is 1.37. The van der Waals surface area contributed by atoms with Gasteiger partial charge in [-0.15, -0.1) is 0 Å². The normalized spacial score (nSPS) is 9.93. The minimum atomic E-state index is -1.72. The summed E-state index contributed by atoms with van der Waals surface area (Å²) >= 11 is 0.461. The Balaban J connectivity index is 0.000000270. The first-order chi connectivity index (χ1) is 13.1. The number of nitriles is 2. The summed E-state index contributed by atoms with van der Waals surface area (Å²) in [5, 5.41) is 25.5. The zero-order valence-electron chi connectivity index (χ0n) is 15.2. The van der Waals surface area contributed by atoms with Crippen LogP contribution in [0.5, 0.6) is 0 Å². The molecule has 0 spiro atoms. The van der Waals surface area contributed by atoms with Crippen molar-refractivity contribution in [2.75, 3.05) is 13.2 Å². The first-order valence-electron chi connectivity index (χ1n) is 8.44. The Kier molecular flexibility index (Phi) is 10.5. The molecule has 0 amide bonds. The van der Waals surface area contributed by atoms with Gasteiger partial charge in [0.05, 0.1) is 18.7 Å². The van der Waals surface area contributed by atoms with E-state index in [1.165, 1.54) is 15.8 Å². The Morgan fingerprint density at radius 1 is 1.00 bits per heavy atom. The van der Waals surface area contributed by atoms with Crippen molar-refractivity contribution in [3.05, 3.63) is 60.7 Å². The third kappa shape index (κ3) is 8.53. The zero-order valence-corrected chi connectivity index (χ0v) is 16.9. The number of unbranched alkanes of at least 4 members (excludes halogenated alkanes) is 1. The molecule has 0 heterocycles. The number of ether oxygens (including phenoxy) is 1. The van der Waals surface area contributed by atoms with Gasteiger partial charge in [-0.2, -0.15) is 10.5 Å². The first-order valence-corrected chi connectivity index (χ1v) is 10.2. The number of aliphatic hydroxyl groups is 1. The van der Waals surface area contributed by atoms with Gasteiger partial charge in [0, 0.05) is 6.61 Å². The molecule has 1 N–H and O–H groups in total. The number of hydrogen-bond donors (Lipinski definition) is 1. The van der Waals surface area contributed by atoms with Gasteiger partial charge in [-0.3, -0.25) is 0 Å². The van der Waals surface area contributed by atoms with E-state index in [1.807, 2.05) is 0 Å². The molecule has 6 heteroatoms. The summed E-state index contributed by atoms with van der Waals surface area (Å²) in [7, 11) is 0. The molecule has 0 bridgehead atoms. The minimum absolute atomic E-state index is 0.0331. The predicted octanol–water partition coefficient (Wildman–Crippen LogP) is 1.70. The summed E-state index contributed by atoms with van der Waals surface area (Å²) in [6.07, 6.45) is 1.05. The van der Waals surface area contributed by atoms with Crippen LogP contribution in [0, 0.1) is 28.1 Å². The van der Waals surface area contributed by atoms with Gasteiger partial charge in [0.25, 0.3) is 0 Å². The third-order valence-electron chi connectivity index (χ3n) is 3.36. The van der Waals surface area contributed by atoms with Gasteiger partial charge >= 0.3 is 90.5 Å². The SMILES string of the molecule is CC(C#N)(C#N)C(=O)OCCCCO.c1ccc([Se]c2ccccc2)cc1. The molecule has 0 aliphatic rings. The molecule has 2 rings (SSSR count). The number of hydrogen-bond acceptors (Lipinski definition) is 5. The number of aliphatic hydroxyl groups excluding tert-OH is 1. The van der Waals surface area contributed by atoms with E-state index >= 15 is 0 Å². The van der Waals surface area contributed by atoms with Crippen LogP contribution in [0.2, 0.25) is 0 Å². The zero-order chi connectivity index (χ0) is 20.0. The van der Waals surface area contributed by atoms with Crippen molar-refractivity contribution in [3.63, 3.8) is 0 Å². The van der Waals surface area contributed by atoms with Crippen molar-refractivity contribution in [1.82, 2.24) is 0 Å². The average Bonchev–Trinajstić information content (AvgIpc) is 2.72. The predicted molar refractivity (Wildman–Crippen MR) is 105 cm³/mol. The second-order valence-electron chi connectivity index (χ2n) is 5.64. The molecule has 0 unspecified atom stereocenters. The number of rotatable bonds is 7. The van der Waals surface area contributed by atoms with Gasteiger partial charge < -0.3 is 9.84 Å². The molecule has 2 aromatic rings. The molecule has 0 saturated carbocycles. The van der Waals surface area contributed by atoms with Crippen LogP contribution in [-0.2, 0) is 9.53 Å². The molecular formula is C21H22N2O3Se. The van der Waals surface area contributed by atoms with Crippen LogP contribution >= 0.6 is 0 Å². The number of nitrogens with zero attached hydrogens (tertiary/aromatic N) is 2. The Labute approximate surface area is 166 Å². The van der Waals surface area contributed by atoms with Crippen molar-refractivity contribution in [2.24, 2.45) is 5.41 Å². The van der Waals surface area contributed by atoms with Gasteiger partial charge in [0.15, 0.2) is 0 Å². The van der Waals surface area contributed by atoms with Crippen molar-refractivity contribution in [1.29, 1.82) is 10.5 Å². The molecule has 0 saturated heterocycles. The Morgan fingerprint density at radius 3 is 1.89 bits per heavy atom. The molecule has 2 aromatic carbocycles. The summed E-state index contributed by atoms with van der Waals surface area (Å²) in [5.74, 6) is -0.833. The number of carbonyl (C=O) groups excluding carboxylic acids is 1. The van der Waals surface area contributed by atoms with E-state index in [9.17, 15) is 4.79 Å². The van der Waals surface area contributed by atoms with Crippen LogP contribution in [0.1, 0.15) is 19.8 Å². The standard InChI is InChI=1S/C12H10Se.C9H12N2O3/c1-3-7-11(8-4-1)13-12-9-5-2-6-10-12;1-9(6-10,7-11)8(13)14-5-3-2-4-12/h1-10H;12H,2-5H2,1H3. The van der Waals surface area contributed by atoms with Crippen LogP contribution in [0.25, 0.3) is 0 Å². The van der Waals surface area contributed by atoms with Crippen LogP contribution in [0.15, 0.2) is 60.7 Å². The van der Waals surface area contributed by atoms with E-state index in [2.05, 4.69) is 60.7 Å². The Hall–Kier alpha value is -2.63. The van der Waals surface area contributed by atoms with E-state index in [1.54, 1.807) is 12.1 Å². The molecule has 27 heavy (non-hydrogen) atoms. The maximum absolute atomic E-state index is 11.2. The molecular weight excluding hydrogens is 407 g/mol. The van der Waals surface area contributed by atoms with Crippen LogP contribution in [-0.4, -0.2) is 39.2 Å². The Morgan fingerprint density at radius 2 is 1.48 bits per heavy atom. The molecule has 5 nitrogen and oxygen atoms in total. The van der Waals surface area contributed by atoms with Crippen molar-refractivity contribution in [2.45, 2.75) is 19.8 Å². The molecule has 140 valence electrons. The maximum atomic E-state index is 11.2. The summed E-state index contributed by atoms with van der Waals surface area (Å²) in [5.41, 5.74) is -1.72. The van der Waals surface area contributed by atoms with Gasteiger partial charge in [-0.25, -0.2) is 4.79 Å². The first kappa shape index (κ1) is 22.4. The molecule has 0 radical (unpaired) electrons. The van der Waals surface area contributed by atoms with Crippen LogP contribution in [0.3, 0.4) is 0 Å². The second kappa shape index (κ2) is 12.7. The second-order valence-corrected chi connectivity index (χ2v) is 8.05. The van der Waals surface area contributed by atoms with Gasteiger partial charge in [-0.1, -0.05) is 0 Å². The molecule has 0 atom stereocenters. The van der Waals surface area contributed by atoms with Crippen molar-refractivity contribution in [3.8, 4) is 12.1 Å². The summed E-state index contributed by atoms with van der Waals surface area (Å²) < 4.78 is 7.56.